The molecule has 8 nitrogen and oxygen atoms in total. The van der Waals surface area contributed by atoms with Crippen LogP contribution in [0.4, 0.5) is 4.39 Å². The fourth-order valence-electron chi connectivity index (χ4n) is 3.23. The van der Waals surface area contributed by atoms with Gasteiger partial charge in [-0.3, -0.25) is 0 Å². The molecule has 0 saturated heterocycles. The number of aryl methyl sites for hydroxylation is 1. The Balaban J connectivity index is 1.39. The summed E-state index contributed by atoms with van der Waals surface area (Å²) < 4.78 is 30.5. The van der Waals surface area contributed by atoms with Crippen molar-refractivity contribution in [2.45, 2.75) is 20.5 Å². The van der Waals surface area contributed by atoms with Gasteiger partial charge in [0.05, 0.1) is 18.5 Å². The number of ether oxygens (including phenoxy) is 2. The molecule has 0 atom stereocenters. The highest BCUT2D eigenvalue weighted by molar-refractivity contribution is 5.87. The molecule has 0 aliphatic rings. The first-order valence-electron chi connectivity index (χ1n) is 10.1. The quantitative estimate of drug-likeness (QED) is 0.305. The Hall–Kier alpha value is -4.27. The second kappa shape index (κ2) is 9.47. The van der Waals surface area contributed by atoms with Crippen molar-refractivity contribution in [1.29, 1.82) is 0 Å². The van der Waals surface area contributed by atoms with Gasteiger partial charge < -0.3 is 14.0 Å². The summed E-state index contributed by atoms with van der Waals surface area (Å²) in [5.41, 5.74) is 3.76. The van der Waals surface area contributed by atoms with E-state index >= 15 is 0 Å². The van der Waals surface area contributed by atoms with Gasteiger partial charge in [0.25, 0.3) is 5.89 Å². The van der Waals surface area contributed by atoms with E-state index in [0.29, 0.717) is 11.6 Å². The van der Waals surface area contributed by atoms with Crippen molar-refractivity contribution in [1.82, 2.24) is 19.9 Å². The Morgan fingerprint density at radius 2 is 1.85 bits per heavy atom. The molecule has 0 N–H and O–H groups in total. The molecular formula is C24H21FN4O4. The topological polar surface area (TPSA) is 92.3 Å². The number of rotatable bonds is 7. The van der Waals surface area contributed by atoms with E-state index in [9.17, 15) is 9.18 Å². The predicted molar refractivity (Wildman–Crippen MR) is 118 cm³/mol. The molecule has 9 heteroatoms. The maximum absolute atomic E-state index is 13.2. The van der Waals surface area contributed by atoms with Crippen LogP contribution < -0.4 is 4.74 Å². The number of carbonyl (C=O) groups is 1. The van der Waals surface area contributed by atoms with Gasteiger partial charge in [0.15, 0.2) is 6.61 Å². The number of benzene rings is 2. The summed E-state index contributed by atoms with van der Waals surface area (Å²) in [6, 6.07) is 13.2. The first-order valence-corrected chi connectivity index (χ1v) is 10.1. The van der Waals surface area contributed by atoms with Crippen molar-refractivity contribution < 1.29 is 23.2 Å². The molecule has 0 saturated carbocycles. The van der Waals surface area contributed by atoms with Gasteiger partial charge in [0.1, 0.15) is 11.6 Å². The van der Waals surface area contributed by atoms with E-state index in [1.807, 2.05) is 13.8 Å². The molecule has 0 fully saturated rings. The third-order valence-corrected chi connectivity index (χ3v) is 4.95. The van der Waals surface area contributed by atoms with Gasteiger partial charge in [-0.15, -0.1) is 0 Å². The van der Waals surface area contributed by atoms with Crippen molar-refractivity contribution in [2.24, 2.45) is 0 Å². The van der Waals surface area contributed by atoms with E-state index in [4.69, 9.17) is 14.0 Å². The van der Waals surface area contributed by atoms with Gasteiger partial charge in [-0.1, -0.05) is 5.16 Å². The molecule has 0 unspecified atom stereocenters. The minimum Gasteiger partial charge on any atom is -0.497 e. The molecule has 4 rings (SSSR count). The molecule has 0 aliphatic carbocycles. The van der Waals surface area contributed by atoms with Gasteiger partial charge in [-0.05, 0) is 68.5 Å². The molecule has 0 radical (unpaired) electrons. The van der Waals surface area contributed by atoms with E-state index in [1.54, 1.807) is 54.3 Å². The summed E-state index contributed by atoms with van der Waals surface area (Å²) in [6.07, 6.45) is 2.95. The highest BCUT2D eigenvalue weighted by Crippen LogP contribution is 2.21. The van der Waals surface area contributed by atoms with Crippen LogP contribution in [0, 0.1) is 19.7 Å². The van der Waals surface area contributed by atoms with Crippen LogP contribution in [-0.2, 0) is 16.1 Å². The summed E-state index contributed by atoms with van der Waals surface area (Å²) in [7, 11) is 1.59. The van der Waals surface area contributed by atoms with E-state index in [2.05, 4.69) is 15.2 Å². The van der Waals surface area contributed by atoms with Gasteiger partial charge >= 0.3 is 5.97 Å². The summed E-state index contributed by atoms with van der Waals surface area (Å²) in [5.74, 6) is 0.408. The molecule has 2 aromatic heterocycles. The molecule has 168 valence electrons. The molecule has 2 heterocycles. The van der Waals surface area contributed by atoms with Crippen LogP contribution in [0.2, 0.25) is 0 Å². The van der Waals surface area contributed by atoms with Crippen molar-refractivity contribution in [3.8, 4) is 22.9 Å². The van der Waals surface area contributed by atoms with Crippen LogP contribution in [0.15, 0.2) is 59.1 Å². The first kappa shape index (κ1) is 21.9. The smallest absolute Gasteiger partial charge is 0.331 e. The number of halogens is 1. The number of aromatic nitrogens is 4. The summed E-state index contributed by atoms with van der Waals surface area (Å²) in [6.45, 7) is 3.57. The van der Waals surface area contributed by atoms with Gasteiger partial charge in [-0.2, -0.15) is 10.1 Å². The zero-order valence-corrected chi connectivity index (χ0v) is 18.3. The van der Waals surface area contributed by atoms with Crippen molar-refractivity contribution in [3.05, 3.63) is 83.2 Å². The van der Waals surface area contributed by atoms with E-state index in [-0.39, 0.29) is 18.2 Å². The molecule has 0 bridgehead atoms. The Morgan fingerprint density at radius 3 is 2.55 bits per heavy atom. The fraction of sp³-hybridized carbons (Fsp3) is 0.167. The van der Waals surface area contributed by atoms with Crippen molar-refractivity contribution in [2.75, 3.05) is 7.11 Å². The van der Waals surface area contributed by atoms with Gasteiger partial charge in [-0.25, -0.2) is 13.9 Å². The van der Waals surface area contributed by atoms with Crippen LogP contribution in [-0.4, -0.2) is 33.0 Å². The first-order chi connectivity index (χ1) is 15.9. The normalized spacial score (nSPS) is 11.2. The van der Waals surface area contributed by atoms with Crippen molar-refractivity contribution in [3.63, 3.8) is 0 Å². The lowest BCUT2D eigenvalue weighted by Gasteiger charge is -2.04. The highest BCUT2D eigenvalue weighted by atomic mass is 19.1. The van der Waals surface area contributed by atoms with E-state index in [0.717, 1.165) is 28.2 Å². The predicted octanol–water partition coefficient (Wildman–Crippen LogP) is 4.44. The molecule has 0 aliphatic heterocycles. The second-order valence-electron chi connectivity index (χ2n) is 7.16. The number of nitrogens with zero attached hydrogens (tertiary/aromatic N) is 4. The largest absolute Gasteiger partial charge is 0.497 e. The van der Waals surface area contributed by atoms with Crippen LogP contribution >= 0.6 is 0 Å². The third kappa shape index (κ3) is 4.98. The van der Waals surface area contributed by atoms with E-state index < -0.39 is 5.97 Å². The number of hydrogen-bond acceptors (Lipinski definition) is 7. The lowest BCUT2D eigenvalue weighted by Crippen LogP contribution is -2.02. The Labute approximate surface area is 189 Å². The summed E-state index contributed by atoms with van der Waals surface area (Å²) >= 11 is 0. The number of methoxy groups -OCH3 is 1. The monoisotopic (exact) mass is 448 g/mol. The highest BCUT2D eigenvalue weighted by Gasteiger charge is 2.13. The van der Waals surface area contributed by atoms with Crippen LogP contribution in [0.3, 0.4) is 0 Å². The molecule has 2 aromatic carbocycles. The summed E-state index contributed by atoms with van der Waals surface area (Å²) in [4.78, 5) is 16.4. The minimum absolute atomic E-state index is 0.129. The SMILES string of the molecule is COc1ccc(-c2nc(COC(=O)/C=C/c3c(C)nn(-c4ccc(F)cc4)c3C)no2)cc1. The zero-order valence-electron chi connectivity index (χ0n) is 18.3. The average Bonchev–Trinajstić information content (AvgIpc) is 3.41. The van der Waals surface area contributed by atoms with Crippen LogP contribution in [0.25, 0.3) is 23.2 Å². The van der Waals surface area contributed by atoms with E-state index in [1.165, 1.54) is 18.2 Å². The maximum atomic E-state index is 13.2. The van der Waals surface area contributed by atoms with Crippen LogP contribution in [0.1, 0.15) is 22.8 Å². The molecule has 4 aromatic rings. The number of hydrogen-bond donors (Lipinski definition) is 0. The number of esters is 1. The van der Waals surface area contributed by atoms with Crippen molar-refractivity contribution >= 4 is 12.0 Å². The molecular weight excluding hydrogens is 427 g/mol. The standard InChI is InChI=1S/C24H21FN4O4/c1-15-21(16(2)29(27-15)19-8-6-18(25)7-9-19)12-13-23(30)32-14-22-26-24(33-28-22)17-4-10-20(31-3)11-5-17/h4-13H,14H2,1-3H3/b13-12+. The maximum Gasteiger partial charge on any atom is 0.331 e. The Morgan fingerprint density at radius 1 is 1.12 bits per heavy atom. The fourth-order valence-corrected chi connectivity index (χ4v) is 3.23. The lowest BCUT2D eigenvalue weighted by molar-refractivity contribution is -0.139. The number of carbonyl (C=O) groups excluding carboxylic acids is 1. The Kier molecular flexibility index (Phi) is 6.30. The second-order valence-corrected chi connectivity index (χ2v) is 7.16. The third-order valence-electron chi connectivity index (χ3n) is 4.95. The average molecular weight is 448 g/mol. The van der Waals surface area contributed by atoms with Gasteiger partial charge in [0, 0.05) is 22.9 Å². The van der Waals surface area contributed by atoms with Gasteiger partial charge in [0.2, 0.25) is 5.82 Å². The summed E-state index contributed by atoms with van der Waals surface area (Å²) in [5, 5.41) is 8.31. The molecule has 33 heavy (non-hydrogen) atoms. The Bertz CT molecular complexity index is 1290. The zero-order chi connectivity index (χ0) is 23.4. The molecule has 0 amide bonds. The van der Waals surface area contributed by atoms with Crippen LogP contribution in [0.5, 0.6) is 5.75 Å². The minimum atomic E-state index is -0.556. The lowest BCUT2D eigenvalue weighted by atomic mass is 10.2. The molecule has 0 spiro atoms.